The van der Waals surface area contributed by atoms with Crippen molar-refractivity contribution in [3.63, 3.8) is 0 Å². The summed E-state index contributed by atoms with van der Waals surface area (Å²) in [4.78, 5) is 11.7. The summed E-state index contributed by atoms with van der Waals surface area (Å²) >= 11 is 0. The van der Waals surface area contributed by atoms with Gasteiger partial charge in [0.05, 0.1) is 48.8 Å². The lowest BCUT2D eigenvalue weighted by Crippen LogP contribution is -2.33. The van der Waals surface area contributed by atoms with Gasteiger partial charge in [-0.15, -0.1) is 0 Å². The molecule has 4 N–H and O–H groups in total. The molecule has 0 spiro atoms. The summed E-state index contributed by atoms with van der Waals surface area (Å²) in [6, 6.07) is 0. The molecule has 0 unspecified atom stereocenters. The van der Waals surface area contributed by atoms with Gasteiger partial charge in [0.1, 0.15) is 6.10 Å². The highest BCUT2D eigenvalue weighted by molar-refractivity contribution is 5.90. The molecule has 0 aromatic heterocycles. The normalized spacial score (nSPS) is 27.8. The lowest BCUT2D eigenvalue weighted by Gasteiger charge is -2.24. The Kier molecular flexibility index (Phi) is 18.6. The molecule has 2 fully saturated rings. The van der Waals surface area contributed by atoms with Crippen molar-refractivity contribution in [1.29, 1.82) is 0 Å². The summed E-state index contributed by atoms with van der Waals surface area (Å²) in [5.74, 6) is -0.315. The van der Waals surface area contributed by atoms with Gasteiger partial charge in [0.2, 0.25) is 0 Å². The second kappa shape index (κ2) is 21.8. The molecule has 262 valence electrons. The molecule has 0 aliphatic carbocycles. The summed E-state index contributed by atoms with van der Waals surface area (Å²) in [5.41, 5.74) is 0.575. The van der Waals surface area contributed by atoms with E-state index in [1.165, 1.54) is 44.9 Å². The molecule has 0 saturated carbocycles. The summed E-state index contributed by atoms with van der Waals surface area (Å²) in [6.45, 7) is 4.06. The van der Waals surface area contributed by atoms with E-state index in [0.717, 1.165) is 83.5 Å². The highest BCUT2D eigenvalue weighted by atomic mass is 16.6. The van der Waals surface area contributed by atoms with Crippen molar-refractivity contribution >= 4 is 5.97 Å². The Morgan fingerprint density at radius 2 is 1.09 bits per heavy atom. The van der Waals surface area contributed by atoms with E-state index >= 15 is 0 Å². The number of ether oxygens (including phenoxy) is 3. The lowest BCUT2D eigenvalue weighted by molar-refractivity contribution is -0.139. The Morgan fingerprint density at radius 3 is 1.62 bits per heavy atom. The van der Waals surface area contributed by atoms with Crippen LogP contribution in [-0.4, -0.2) is 81.3 Å². The van der Waals surface area contributed by atoms with E-state index in [-0.39, 0.29) is 42.6 Å². The molecule has 0 aromatic carbocycles. The van der Waals surface area contributed by atoms with Crippen molar-refractivity contribution in [1.82, 2.24) is 0 Å². The Morgan fingerprint density at radius 1 is 0.644 bits per heavy atom. The number of aliphatic hydroxyl groups excluding tert-OH is 4. The van der Waals surface area contributed by atoms with Crippen LogP contribution >= 0.6 is 0 Å². The lowest BCUT2D eigenvalue weighted by atomic mass is 9.99. The number of carbonyl (C=O) groups is 1. The van der Waals surface area contributed by atoms with Crippen molar-refractivity contribution < 1.29 is 39.4 Å². The fourth-order valence-corrected chi connectivity index (χ4v) is 7.30. The van der Waals surface area contributed by atoms with Gasteiger partial charge in [-0.1, -0.05) is 90.4 Å². The molecule has 0 aromatic rings. The van der Waals surface area contributed by atoms with Crippen LogP contribution in [0.25, 0.3) is 0 Å². The molecule has 0 bridgehead atoms. The van der Waals surface area contributed by atoms with Crippen LogP contribution in [-0.2, 0) is 19.0 Å². The molecule has 0 radical (unpaired) electrons. The first-order valence-corrected chi connectivity index (χ1v) is 18.7. The molecule has 8 heteroatoms. The Labute approximate surface area is 273 Å². The van der Waals surface area contributed by atoms with Crippen LogP contribution in [0, 0.1) is 0 Å². The number of cyclic esters (lactones) is 1. The van der Waals surface area contributed by atoms with E-state index in [1.54, 1.807) is 6.08 Å². The van der Waals surface area contributed by atoms with Crippen LogP contribution in [0.5, 0.6) is 0 Å². The van der Waals surface area contributed by atoms with E-state index in [4.69, 9.17) is 14.2 Å². The van der Waals surface area contributed by atoms with Crippen LogP contribution in [0.15, 0.2) is 11.6 Å². The number of hydrogen-bond acceptors (Lipinski definition) is 8. The number of esters is 1. The monoisotopic (exact) mass is 638 g/mol. The molecule has 3 aliphatic heterocycles. The molecule has 2 saturated heterocycles. The van der Waals surface area contributed by atoms with E-state index in [2.05, 4.69) is 6.92 Å². The third-order valence-corrected chi connectivity index (χ3v) is 10.1. The maximum atomic E-state index is 11.7. The standard InChI is InChI=1S/C37H66O8/c1-3-4-5-6-7-8-9-13-19-31(40)33-21-23-35(44-33)36-24-22-34(45-36)32(41)20-15-14-17-29(38)16-11-10-12-18-30(39)26-28-25-27(2)43-37(28)42/h25,27,29-36,38-41H,3-24,26H2,1-2H3/t27-,29+,30+,31-,32+,33+,34+,35-,36-/m0/s1. The van der Waals surface area contributed by atoms with E-state index in [0.29, 0.717) is 24.8 Å². The zero-order valence-electron chi connectivity index (χ0n) is 28.5. The number of carbonyl (C=O) groups excluding carboxylic acids is 1. The second-order valence-corrected chi connectivity index (χ2v) is 14.2. The number of aliphatic hydroxyl groups is 4. The molecule has 3 rings (SSSR count). The van der Waals surface area contributed by atoms with Crippen LogP contribution in [0.2, 0.25) is 0 Å². The maximum Gasteiger partial charge on any atom is 0.334 e. The Hall–Kier alpha value is -1.03. The van der Waals surface area contributed by atoms with Crippen molar-refractivity contribution in [2.75, 3.05) is 0 Å². The predicted octanol–water partition coefficient (Wildman–Crippen LogP) is 6.83. The van der Waals surface area contributed by atoms with Gasteiger partial charge in [0, 0.05) is 12.0 Å². The zero-order chi connectivity index (χ0) is 32.4. The molecule has 45 heavy (non-hydrogen) atoms. The van der Waals surface area contributed by atoms with E-state index in [9.17, 15) is 25.2 Å². The number of unbranched alkanes of at least 4 members (excludes halogenated alkanes) is 10. The topological polar surface area (TPSA) is 126 Å². The zero-order valence-corrected chi connectivity index (χ0v) is 28.5. The fraction of sp³-hybridized carbons (Fsp3) is 0.919. The number of hydrogen-bond donors (Lipinski definition) is 4. The average molecular weight is 639 g/mol. The van der Waals surface area contributed by atoms with Crippen molar-refractivity contribution in [3.8, 4) is 0 Å². The minimum atomic E-state index is -0.533. The van der Waals surface area contributed by atoms with Crippen LogP contribution in [0.3, 0.4) is 0 Å². The first-order valence-electron chi connectivity index (χ1n) is 18.7. The predicted molar refractivity (Wildman–Crippen MR) is 177 cm³/mol. The number of rotatable bonds is 25. The fourth-order valence-electron chi connectivity index (χ4n) is 7.30. The smallest absolute Gasteiger partial charge is 0.334 e. The SMILES string of the molecule is CCCCCCCCCC[C@H](O)[C@H]1CC[C@@H]([C@@H]2CC[C@H]([C@H](O)CCCC[C@H](O)CCCCC[C@@H](O)CC3=C[C@H](C)OC3=O)O2)O1. The van der Waals surface area contributed by atoms with E-state index < -0.39 is 18.3 Å². The minimum absolute atomic E-state index is 0.00732. The second-order valence-electron chi connectivity index (χ2n) is 14.2. The highest BCUT2D eigenvalue weighted by Gasteiger charge is 2.40. The Bertz CT molecular complexity index is 833. The maximum absolute atomic E-state index is 11.7. The van der Waals surface area contributed by atoms with Gasteiger partial charge in [0.25, 0.3) is 0 Å². The average Bonchev–Trinajstić information content (AvgIpc) is 3.76. The van der Waals surface area contributed by atoms with Crippen LogP contribution < -0.4 is 0 Å². The van der Waals surface area contributed by atoms with Gasteiger partial charge in [-0.2, -0.15) is 0 Å². The van der Waals surface area contributed by atoms with Crippen molar-refractivity contribution in [3.05, 3.63) is 11.6 Å². The largest absolute Gasteiger partial charge is 0.455 e. The molecule has 3 heterocycles. The molecule has 8 nitrogen and oxygen atoms in total. The molecule has 3 aliphatic rings. The van der Waals surface area contributed by atoms with Gasteiger partial charge in [-0.25, -0.2) is 4.79 Å². The van der Waals surface area contributed by atoms with Crippen LogP contribution in [0.4, 0.5) is 0 Å². The third-order valence-electron chi connectivity index (χ3n) is 10.1. The molecular formula is C37H66O8. The highest BCUT2D eigenvalue weighted by Crippen LogP contribution is 2.34. The van der Waals surface area contributed by atoms with Gasteiger partial charge < -0.3 is 34.6 Å². The molecule has 0 amide bonds. The third kappa shape index (κ3) is 14.7. The van der Waals surface area contributed by atoms with Crippen molar-refractivity contribution in [2.45, 2.75) is 216 Å². The first-order chi connectivity index (χ1) is 21.8. The summed E-state index contributed by atoms with van der Waals surface area (Å²) in [5, 5.41) is 42.0. The van der Waals surface area contributed by atoms with Crippen LogP contribution in [0.1, 0.15) is 162 Å². The van der Waals surface area contributed by atoms with Crippen molar-refractivity contribution in [2.24, 2.45) is 0 Å². The van der Waals surface area contributed by atoms with E-state index in [1.807, 2.05) is 6.92 Å². The quantitative estimate of drug-likeness (QED) is 0.0634. The van der Waals surface area contributed by atoms with Gasteiger partial charge in [-0.05, 0) is 70.8 Å². The van der Waals surface area contributed by atoms with Gasteiger partial charge in [0.15, 0.2) is 0 Å². The summed E-state index contributed by atoms with van der Waals surface area (Å²) in [6.07, 6.45) is 21.7. The summed E-state index contributed by atoms with van der Waals surface area (Å²) in [7, 11) is 0. The Balaban J connectivity index is 1.16. The molecular weight excluding hydrogens is 572 g/mol. The first kappa shape index (κ1) is 38.4. The summed E-state index contributed by atoms with van der Waals surface area (Å²) < 4.78 is 17.6. The van der Waals surface area contributed by atoms with Gasteiger partial charge in [-0.3, -0.25) is 0 Å². The molecule has 9 atom stereocenters. The van der Waals surface area contributed by atoms with Gasteiger partial charge >= 0.3 is 5.97 Å². The minimum Gasteiger partial charge on any atom is -0.455 e.